The van der Waals surface area contributed by atoms with E-state index in [-0.39, 0.29) is 17.5 Å². The van der Waals surface area contributed by atoms with Crippen molar-refractivity contribution in [1.29, 1.82) is 0 Å². The van der Waals surface area contributed by atoms with E-state index in [1.54, 1.807) is 6.07 Å². The summed E-state index contributed by atoms with van der Waals surface area (Å²) in [6.45, 7) is 1.45. The lowest BCUT2D eigenvalue weighted by molar-refractivity contribution is -0.137. The number of sulfonamides is 1. The normalized spacial score (nSPS) is 16.9. The molecule has 4 rings (SSSR count). The number of halogens is 3. The van der Waals surface area contributed by atoms with Crippen molar-refractivity contribution < 1.29 is 26.4 Å². The molecule has 2 aromatic rings. The van der Waals surface area contributed by atoms with Gasteiger partial charge in [0.1, 0.15) is 0 Å². The molecule has 2 fully saturated rings. The molecule has 11 heteroatoms. The minimum atomic E-state index is -4.47. The lowest BCUT2D eigenvalue weighted by Crippen LogP contribution is -2.33. The van der Waals surface area contributed by atoms with Crippen LogP contribution in [-0.2, 0) is 22.7 Å². The van der Waals surface area contributed by atoms with Crippen LogP contribution in [0.4, 0.5) is 29.3 Å². The number of benzene rings is 2. The molecule has 1 aliphatic heterocycles. The fraction of sp³-hybridized carbons (Fsp3) is 0.435. The van der Waals surface area contributed by atoms with Crippen molar-refractivity contribution in [3.63, 3.8) is 0 Å². The molecule has 1 saturated heterocycles. The standard InChI is InChI=1S/C23H27F3N4O3S/c24-23(25,26)17-6-4-5-16(13-17)15-27-22(31)28-20-14-19(34(32,33)29-18-7-8-18)9-10-21(20)30-11-2-1-3-12-30/h4-6,9-10,13-14,18,29H,1-3,7-8,11-12,15H2,(H2,27,28,31). The zero-order chi connectivity index (χ0) is 24.3. The van der Waals surface area contributed by atoms with E-state index in [4.69, 9.17) is 0 Å². The summed E-state index contributed by atoms with van der Waals surface area (Å²) in [7, 11) is -3.72. The second kappa shape index (κ2) is 9.83. The van der Waals surface area contributed by atoms with Crippen LogP contribution < -0.4 is 20.3 Å². The number of hydrogen-bond acceptors (Lipinski definition) is 4. The van der Waals surface area contributed by atoms with Crippen molar-refractivity contribution in [2.45, 2.75) is 55.8 Å². The molecule has 0 aromatic heterocycles. The van der Waals surface area contributed by atoms with Gasteiger partial charge in [-0.05, 0) is 68.0 Å². The number of nitrogens with zero attached hydrogens (tertiary/aromatic N) is 1. The Kier molecular flexibility index (Phi) is 7.04. The van der Waals surface area contributed by atoms with E-state index in [1.165, 1.54) is 24.3 Å². The number of rotatable bonds is 7. The number of piperidine rings is 1. The van der Waals surface area contributed by atoms with Gasteiger partial charge in [0.25, 0.3) is 0 Å². The van der Waals surface area contributed by atoms with Crippen molar-refractivity contribution in [2.75, 3.05) is 23.3 Å². The van der Waals surface area contributed by atoms with Gasteiger partial charge in [-0.15, -0.1) is 0 Å². The molecule has 3 N–H and O–H groups in total. The smallest absolute Gasteiger partial charge is 0.370 e. The summed E-state index contributed by atoms with van der Waals surface area (Å²) in [5.74, 6) is 0. The molecule has 184 valence electrons. The van der Waals surface area contributed by atoms with Crippen LogP contribution >= 0.6 is 0 Å². The average molecular weight is 497 g/mol. The van der Waals surface area contributed by atoms with Crippen LogP contribution in [0, 0.1) is 0 Å². The Morgan fingerprint density at radius 1 is 1.03 bits per heavy atom. The molecule has 1 aliphatic carbocycles. The van der Waals surface area contributed by atoms with Gasteiger partial charge in [0.15, 0.2) is 0 Å². The molecule has 0 bridgehead atoms. The number of nitrogens with one attached hydrogen (secondary N) is 3. The first-order chi connectivity index (χ1) is 16.1. The van der Waals surface area contributed by atoms with Gasteiger partial charge in [0, 0.05) is 25.7 Å². The summed E-state index contributed by atoms with van der Waals surface area (Å²) in [4.78, 5) is 14.8. The second-order valence-corrected chi connectivity index (χ2v) is 10.3. The van der Waals surface area contributed by atoms with Gasteiger partial charge in [-0.2, -0.15) is 13.2 Å². The third-order valence-electron chi connectivity index (χ3n) is 5.83. The molecular weight excluding hydrogens is 469 g/mol. The topological polar surface area (TPSA) is 90.5 Å². The first-order valence-electron chi connectivity index (χ1n) is 11.2. The molecule has 34 heavy (non-hydrogen) atoms. The SMILES string of the molecule is O=C(NCc1cccc(C(F)(F)F)c1)Nc1cc(S(=O)(=O)NC2CC2)ccc1N1CCCCC1. The zero-order valence-corrected chi connectivity index (χ0v) is 19.3. The number of anilines is 2. The van der Waals surface area contributed by atoms with E-state index in [1.807, 2.05) is 0 Å². The highest BCUT2D eigenvalue weighted by Crippen LogP contribution is 2.32. The maximum absolute atomic E-state index is 12.9. The molecule has 0 radical (unpaired) electrons. The number of hydrogen-bond donors (Lipinski definition) is 3. The Labute approximate surface area is 196 Å². The van der Waals surface area contributed by atoms with E-state index < -0.39 is 27.8 Å². The van der Waals surface area contributed by atoms with E-state index in [0.29, 0.717) is 16.9 Å². The van der Waals surface area contributed by atoms with E-state index >= 15 is 0 Å². The van der Waals surface area contributed by atoms with Crippen LogP contribution in [0.5, 0.6) is 0 Å². The van der Waals surface area contributed by atoms with Crippen LogP contribution in [-0.4, -0.2) is 33.6 Å². The number of carbonyl (C=O) groups excluding carboxylic acids is 1. The summed E-state index contributed by atoms with van der Waals surface area (Å²) in [5.41, 5.74) is 0.549. The van der Waals surface area contributed by atoms with E-state index in [9.17, 15) is 26.4 Å². The highest BCUT2D eigenvalue weighted by Gasteiger charge is 2.31. The van der Waals surface area contributed by atoms with Gasteiger partial charge in [-0.3, -0.25) is 0 Å². The molecule has 1 saturated carbocycles. The molecule has 0 unspecified atom stereocenters. The fourth-order valence-electron chi connectivity index (χ4n) is 3.89. The number of urea groups is 1. The Morgan fingerprint density at radius 3 is 2.44 bits per heavy atom. The first kappa shape index (κ1) is 24.3. The van der Waals surface area contributed by atoms with Crippen LogP contribution in [0.2, 0.25) is 0 Å². The summed E-state index contributed by atoms with van der Waals surface area (Å²) in [6, 6.07) is 8.68. The van der Waals surface area contributed by atoms with Crippen LogP contribution in [0.3, 0.4) is 0 Å². The number of amides is 2. The Balaban J connectivity index is 1.51. The largest absolute Gasteiger partial charge is 0.416 e. The van der Waals surface area contributed by atoms with Crippen molar-refractivity contribution in [1.82, 2.24) is 10.0 Å². The van der Waals surface area contributed by atoms with Gasteiger partial charge in [0.05, 0.1) is 21.8 Å². The third kappa shape index (κ3) is 6.20. The van der Waals surface area contributed by atoms with Crippen molar-refractivity contribution in [2.24, 2.45) is 0 Å². The first-order valence-corrected chi connectivity index (χ1v) is 12.7. The molecule has 2 aromatic carbocycles. The zero-order valence-electron chi connectivity index (χ0n) is 18.5. The molecule has 0 atom stereocenters. The predicted molar refractivity (Wildman–Crippen MR) is 123 cm³/mol. The number of carbonyl (C=O) groups is 1. The Bertz CT molecular complexity index is 1140. The Hall–Kier alpha value is -2.79. The van der Waals surface area contributed by atoms with Crippen LogP contribution in [0.25, 0.3) is 0 Å². The summed E-state index contributed by atoms with van der Waals surface area (Å²) < 4.78 is 66.8. The van der Waals surface area contributed by atoms with Gasteiger partial charge >= 0.3 is 12.2 Å². The fourth-order valence-corrected chi connectivity index (χ4v) is 5.22. The molecule has 2 amide bonds. The molecular formula is C23H27F3N4O3S. The average Bonchev–Trinajstić information content (AvgIpc) is 3.61. The third-order valence-corrected chi connectivity index (χ3v) is 7.35. The second-order valence-electron chi connectivity index (χ2n) is 8.63. The maximum Gasteiger partial charge on any atom is 0.416 e. The minimum absolute atomic E-state index is 0.0494. The van der Waals surface area contributed by atoms with Gasteiger partial charge in [0.2, 0.25) is 10.0 Å². The summed E-state index contributed by atoms with van der Waals surface area (Å²) >= 11 is 0. The van der Waals surface area contributed by atoms with E-state index in [0.717, 1.165) is 57.3 Å². The lowest BCUT2D eigenvalue weighted by Gasteiger charge is -2.30. The van der Waals surface area contributed by atoms with Crippen molar-refractivity contribution in [3.8, 4) is 0 Å². The van der Waals surface area contributed by atoms with Crippen molar-refractivity contribution in [3.05, 3.63) is 53.6 Å². The minimum Gasteiger partial charge on any atom is -0.370 e. The highest BCUT2D eigenvalue weighted by atomic mass is 32.2. The molecule has 1 heterocycles. The van der Waals surface area contributed by atoms with Gasteiger partial charge in [-0.25, -0.2) is 17.9 Å². The number of alkyl halides is 3. The molecule has 7 nitrogen and oxygen atoms in total. The molecule has 2 aliphatic rings. The highest BCUT2D eigenvalue weighted by molar-refractivity contribution is 7.89. The Morgan fingerprint density at radius 2 is 1.76 bits per heavy atom. The van der Waals surface area contributed by atoms with Crippen molar-refractivity contribution >= 4 is 27.4 Å². The molecule has 0 spiro atoms. The quantitative estimate of drug-likeness (QED) is 0.528. The summed E-state index contributed by atoms with van der Waals surface area (Å²) in [5, 5.41) is 5.25. The summed E-state index contributed by atoms with van der Waals surface area (Å²) in [6.07, 6.45) is 0.216. The van der Waals surface area contributed by atoms with Gasteiger partial charge < -0.3 is 15.5 Å². The maximum atomic E-state index is 12.9. The lowest BCUT2D eigenvalue weighted by atomic mass is 10.1. The van der Waals surface area contributed by atoms with E-state index in [2.05, 4.69) is 20.3 Å². The van der Waals surface area contributed by atoms with Crippen LogP contribution in [0.1, 0.15) is 43.2 Å². The van der Waals surface area contributed by atoms with Crippen LogP contribution in [0.15, 0.2) is 47.4 Å². The van der Waals surface area contributed by atoms with Gasteiger partial charge in [-0.1, -0.05) is 12.1 Å². The predicted octanol–water partition coefficient (Wildman–Crippen LogP) is 4.46. The monoisotopic (exact) mass is 496 g/mol.